The van der Waals surface area contributed by atoms with Crippen LogP contribution in [0.5, 0.6) is 0 Å². The summed E-state index contributed by atoms with van der Waals surface area (Å²) in [4.78, 5) is 1.48. The second kappa shape index (κ2) is 4.77. The molecule has 0 atom stereocenters. The van der Waals surface area contributed by atoms with Gasteiger partial charge in [0.2, 0.25) is 6.71 Å². The Hall–Kier alpha value is -2.40. The lowest BCUT2D eigenvalue weighted by Gasteiger charge is -2.21. The molecular weight excluding hydrogens is 395 g/mol. The summed E-state index contributed by atoms with van der Waals surface area (Å²) in [7, 11) is 0. The van der Waals surface area contributed by atoms with E-state index in [-0.39, 0.29) is 0 Å². The number of rotatable bonds is 0. The maximum Gasteiger partial charge on any atom is 0.247 e. The lowest BCUT2D eigenvalue weighted by molar-refractivity contribution is 1.76. The van der Waals surface area contributed by atoms with Crippen molar-refractivity contribution < 1.29 is 0 Å². The van der Waals surface area contributed by atoms with E-state index in [0.717, 1.165) is 0 Å². The first-order valence-corrected chi connectivity index (χ1v) is 12.0. The van der Waals surface area contributed by atoms with Crippen LogP contribution < -0.4 is 16.4 Å². The molecule has 0 saturated carbocycles. The third kappa shape index (κ3) is 1.50. The standard InChI is InChI=1S/C24H11BS3/c1-4-12-13-5-2-9-19-22(13)23-24(28-19)14-6-3-8-18-21(14)16(11-27-18)25(23)15-10-26-17(7-1)20(12)15/h1-11H. The van der Waals surface area contributed by atoms with Crippen LogP contribution >= 0.6 is 34.0 Å². The molecule has 0 unspecified atom stereocenters. The molecule has 0 bridgehead atoms. The van der Waals surface area contributed by atoms with Crippen LogP contribution in [0, 0.1) is 0 Å². The van der Waals surface area contributed by atoms with Gasteiger partial charge < -0.3 is 0 Å². The van der Waals surface area contributed by atoms with Crippen LogP contribution in [0.15, 0.2) is 65.4 Å². The van der Waals surface area contributed by atoms with Crippen LogP contribution in [0.2, 0.25) is 0 Å². The molecule has 0 saturated heterocycles. The Kier molecular flexibility index (Phi) is 2.48. The Morgan fingerprint density at radius 2 is 1.14 bits per heavy atom. The van der Waals surface area contributed by atoms with Crippen LogP contribution in [-0.2, 0) is 0 Å². The highest BCUT2D eigenvalue weighted by Crippen LogP contribution is 2.45. The topological polar surface area (TPSA) is 0 Å². The van der Waals surface area contributed by atoms with Crippen LogP contribution in [-0.4, -0.2) is 6.71 Å². The maximum atomic E-state index is 2.43. The molecule has 3 aromatic heterocycles. The smallest absolute Gasteiger partial charge is 0.144 e. The van der Waals surface area contributed by atoms with Crippen LogP contribution in [0.4, 0.5) is 0 Å². The molecule has 0 spiro atoms. The average molecular weight is 406 g/mol. The second-order valence-electron chi connectivity index (χ2n) is 7.70. The van der Waals surface area contributed by atoms with E-state index in [4.69, 9.17) is 0 Å². The highest BCUT2D eigenvalue weighted by Gasteiger charge is 2.39. The van der Waals surface area contributed by atoms with E-state index >= 15 is 0 Å². The van der Waals surface area contributed by atoms with E-state index in [1.54, 1.807) is 5.46 Å². The minimum Gasteiger partial charge on any atom is -0.144 e. The molecule has 2 aliphatic heterocycles. The van der Waals surface area contributed by atoms with E-state index in [0.29, 0.717) is 6.71 Å². The zero-order valence-electron chi connectivity index (χ0n) is 14.7. The van der Waals surface area contributed by atoms with Crippen molar-refractivity contribution in [2.24, 2.45) is 0 Å². The molecular formula is C24H11BS3. The Morgan fingerprint density at radius 1 is 0.571 bits per heavy atom. The highest BCUT2D eigenvalue weighted by atomic mass is 32.1. The Balaban J connectivity index is 1.72. The first-order chi connectivity index (χ1) is 13.9. The van der Waals surface area contributed by atoms with E-state index in [2.05, 4.69) is 65.4 Å². The van der Waals surface area contributed by atoms with Gasteiger partial charge in [-0.05, 0) is 78.2 Å². The van der Waals surface area contributed by atoms with Crippen molar-refractivity contribution in [1.82, 2.24) is 0 Å². The predicted molar refractivity (Wildman–Crippen MR) is 128 cm³/mol. The monoisotopic (exact) mass is 406 g/mol. The van der Waals surface area contributed by atoms with Gasteiger partial charge in [-0.25, -0.2) is 0 Å². The fraction of sp³-hybridized carbons (Fsp3) is 0. The van der Waals surface area contributed by atoms with E-state index in [9.17, 15) is 0 Å². The van der Waals surface area contributed by atoms with Crippen molar-refractivity contribution in [3.63, 3.8) is 0 Å². The van der Waals surface area contributed by atoms with E-state index < -0.39 is 0 Å². The molecule has 3 aromatic carbocycles. The van der Waals surface area contributed by atoms with Gasteiger partial charge in [0, 0.05) is 19.0 Å². The van der Waals surface area contributed by atoms with Gasteiger partial charge in [-0.3, -0.25) is 0 Å². The third-order valence-electron chi connectivity index (χ3n) is 6.45. The highest BCUT2D eigenvalue weighted by molar-refractivity contribution is 7.28. The molecule has 2 aliphatic rings. The second-order valence-corrected chi connectivity index (χ2v) is 10.6. The van der Waals surface area contributed by atoms with Gasteiger partial charge in [-0.15, -0.1) is 34.0 Å². The van der Waals surface area contributed by atoms with Gasteiger partial charge in [0.1, 0.15) is 0 Å². The lowest BCUT2D eigenvalue weighted by atomic mass is 9.35. The van der Waals surface area contributed by atoms with Gasteiger partial charge in [-0.2, -0.15) is 0 Å². The van der Waals surface area contributed by atoms with Crippen molar-refractivity contribution in [2.45, 2.75) is 0 Å². The van der Waals surface area contributed by atoms with Crippen LogP contribution in [0.25, 0.3) is 51.8 Å². The largest absolute Gasteiger partial charge is 0.247 e. The summed E-state index contributed by atoms with van der Waals surface area (Å²) in [6, 6.07) is 20.5. The predicted octanol–water partition coefficient (Wildman–Crippen LogP) is 5.81. The Morgan fingerprint density at radius 3 is 1.86 bits per heavy atom. The molecule has 0 aliphatic carbocycles. The summed E-state index contributed by atoms with van der Waals surface area (Å²) in [6.45, 7) is 0.353. The number of thiophene rings is 3. The van der Waals surface area contributed by atoms with Gasteiger partial charge in [0.05, 0.1) is 0 Å². The van der Waals surface area contributed by atoms with Crippen molar-refractivity contribution in [3.8, 4) is 21.6 Å². The zero-order chi connectivity index (χ0) is 18.0. The summed E-state index contributed by atoms with van der Waals surface area (Å²) in [6.07, 6.45) is 0. The normalized spacial score (nSPS) is 13.6. The first-order valence-electron chi connectivity index (χ1n) is 9.46. The molecule has 0 amide bonds. The molecule has 6 aromatic rings. The molecule has 0 fully saturated rings. The van der Waals surface area contributed by atoms with Crippen molar-refractivity contribution in [3.05, 3.63) is 65.4 Å². The summed E-state index contributed by atoms with van der Waals surface area (Å²) < 4.78 is 4.24. The molecule has 4 heteroatoms. The number of benzene rings is 3. The van der Waals surface area contributed by atoms with E-state index in [1.165, 1.54) is 62.8 Å². The fourth-order valence-electron chi connectivity index (χ4n) is 5.42. The molecule has 0 nitrogen and oxygen atoms in total. The third-order valence-corrected chi connectivity index (χ3v) is 9.59. The van der Waals surface area contributed by atoms with Crippen molar-refractivity contribution in [2.75, 3.05) is 0 Å². The number of hydrogen-bond donors (Lipinski definition) is 0. The molecule has 5 heterocycles. The molecule has 8 rings (SSSR count). The molecule has 0 radical (unpaired) electrons. The summed E-state index contributed by atoms with van der Waals surface area (Å²) in [5.74, 6) is 0. The van der Waals surface area contributed by atoms with E-state index in [1.807, 2.05) is 34.0 Å². The van der Waals surface area contributed by atoms with Crippen LogP contribution in [0.3, 0.4) is 0 Å². The fourth-order valence-corrected chi connectivity index (χ4v) is 8.74. The molecule has 28 heavy (non-hydrogen) atoms. The average Bonchev–Trinajstić information content (AvgIpc) is 3.42. The summed E-state index contributed by atoms with van der Waals surface area (Å²) >= 11 is 5.78. The van der Waals surface area contributed by atoms with Crippen molar-refractivity contribution in [1.29, 1.82) is 0 Å². The summed E-state index contributed by atoms with van der Waals surface area (Å²) in [5, 5.41) is 9.28. The first kappa shape index (κ1) is 14.6. The Labute approximate surface area is 173 Å². The van der Waals surface area contributed by atoms with Crippen LogP contribution in [0.1, 0.15) is 0 Å². The zero-order valence-corrected chi connectivity index (χ0v) is 17.1. The SMILES string of the molecule is c1cc2c3c(csc3c1)B1c3csc4cccc(c34)-c3cccc4sc-2c1c34. The summed E-state index contributed by atoms with van der Waals surface area (Å²) in [5.41, 5.74) is 8.81. The minimum absolute atomic E-state index is 0.353. The molecule has 128 valence electrons. The maximum absolute atomic E-state index is 2.43. The van der Waals surface area contributed by atoms with Gasteiger partial charge in [0.25, 0.3) is 0 Å². The number of fused-ring (bicyclic) bond motifs is 4. The minimum atomic E-state index is 0.353. The van der Waals surface area contributed by atoms with Gasteiger partial charge >= 0.3 is 0 Å². The quantitative estimate of drug-likeness (QED) is 0.279. The van der Waals surface area contributed by atoms with Gasteiger partial charge in [0.15, 0.2) is 0 Å². The molecule has 0 N–H and O–H groups in total. The Bertz CT molecular complexity index is 1630. The lowest BCUT2D eigenvalue weighted by Crippen LogP contribution is -2.53. The van der Waals surface area contributed by atoms with Gasteiger partial charge in [-0.1, -0.05) is 36.4 Å². The number of hydrogen-bond acceptors (Lipinski definition) is 3. The van der Waals surface area contributed by atoms with Crippen molar-refractivity contribution >= 4 is 87.4 Å².